The van der Waals surface area contributed by atoms with Crippen LogP contribution in [0.2, 0.25) is 0 Å². The molecule has 1 aliphatic rings. The minimum atomic E-state index is -1.15. The minimum absolute atomic E-state index is 0.0344. The van der Waals surface area contributed by atoms with E-state index in [0.717, 1.165) is 23.3 Å². The van der Waals surface area contributed by atoms with Crippen LogP contribution in [-0.4, -0.2) is 54.0 Å². The van der Waals surface area contributed by atoms with Crippen molar-refractivity contribution in [3.05, 3.63) is 42.0 Å². The van der Waals surface area contributed by atoms with Crippen molar-refractivity contribution in [2.75, 3.05) is 13.1 Å². The number of aryl methyl sites for hydroxylation is 1. The maximum Gasteiger partial charge on any atom is 0.242 e. The molecule has 1 saturated heterocycles. The number of para-hydroxylation sites is 2. The number of hydrogen-bond acceptors (Lipinski definition) is 5. The summed E-state index contributed by atoms with van der Waals surface area (Å²) in [6.45, 7) is 2.96. The first kappa shape index (κ1) is 15.8. The van der Waals surface area contributed by atoms with Crippen LogP contribution < -0.4 is 0 Å². The fraction of sp³-hybridized carbons (Fsp3) is 0.412. The fourth-order valence-electron chi connectivity index (χ4n) is 3.51. The Morgan fingerprint density at radius 1 is 1.40 bits per heavy atom. The number of β-amino-alcohol motifs (C(OH)–C–C–N with tert-alkyl or cyclic N) is 1. The molecule has 3 aromatic rings. The number of hydrogen-bond donors (Lipinski definition) is 2. The third-order valence-electron chi connectivity index (χ3n) is 4.85. The molecule has 1 aromatic carbocycles. The van der Waals surface area contributed by atoms with Crippen molar-refractivity contribution in [3.63, 3.8) is 0 Å². The molecule has 0 bridgehead atoms. The predicted molar refractivity (Wildman–Crippen MR) is 90.6 cm³/mol. The second-order valence-corrected chi connectivity index (χ2v) is 6.54. The number of piperidine rings is 1. The van der Waals surface area contributed by atoms with E-state index in [0.29, 0.717) is 18.7 Å². The van der Waals surface area contributed by atoms with Gasteiger partial charge in [-0.1, -0.05) is 12.1 Å². The van der Waals surface area contributed by atoms with E-state index in [2.05, 4.69) is 20.4 Å². The summed E-state index contributed by atoms with van der Waals surface area (Å²) in [5.74, 6) is 0.770. The van der Waals surface area contributed by atoms with Gasteiger partial charge in [0.05, 0.1) is 23.8 Å². The summed E-state index contributed by atoms with van der Waals surface area (Å²) in [4.78, 5) is 19.0. The van der Waals surface area contributed by atoms with Gasteiger partial charge >= 0.3 is 0 Å². The average molecular weight is 340 g/mol. The molecular weight excluding hydrogens is 320 g/mol. The van der Waals surface area contributed by atoms with Gasteiger partial charge in [-0.25, -0.2) is 4.98 Å². The van der Waals surface area contributed by atoms with Gasteiger partial charge in [-0.05, 0) is 31.9 Å². The maximum atomic E-state index is 12.8. The van der Waals surface area contributed by atoms with Crippen molar-refractivity contribution in [3.8, 4) is 0 Å². The van der Waals surface area contributed by atoms with Gasteiger partial charge in [-0.3, -0.25) is 4.79 Å². The zero-order chi connectivity index (χ0) is 17.4. The van der Waals surface area contributed by atoms with Gasteiger partial charge in [0.1, 0.15) is 23.7 Å². The third-order valence-corrected chi connectivity index (χ3v) is 4.85. The topological polar surface area (TPSA) is 99.9 Å². The summed E-state index contributed by atoms with van der Waals surface area (Å²) in [5.41, 5.74) is 1.16. The van der Waals surface area contributed by atoms with Crippen molar-refractivity contribution in [2.24, 2.45) is 0 Å². The molecule has 1 aliphatic heterocycles. The van der Waals surface area contributed by atoms with Gasteiger partial charge in [0, 0.05) is 6.54 Å². The van der Waals surface area contributed by atoms with Crippen LogP contribution in [0.15, 0.2) is 30.5 Å². The lowest BCUT2D eigenvalue weighted by Gasteiger charge is -2.38. The number of likely N-dealkylation sites (tertiary alicyclic amines) is 1. The van der Waals surface area contributed by atoms with E-state index in [-0.39, 0.29) is 19.0 Å². The Balaban J connectivity index is 1.55. The number of benzene rings is 1. The predicted octanol–water partition coefficient (Wildman–Crippen LogP) is 0.973. The number of nitrogens with zero attached hydrogens (tertiary/aromatic N) is 5. The number of amides is 1. The number of fused-ring (bicyclic) bond motifs is 1. The van der Waals surface area contributed by atoms with Crippen molar-refractivity contribution in [1.29, 1.82) is 0 Å². The van der Waals surface area contributed by atoms with Crippen LogP contribution in [0.4, 0.5) is 0 Å². The number of imidazole rings is 1. The molecule has 3 heterocycles. The van der Waals surface area contributed by atoms with E-state index in [1.54, 1.807) is 4.90 Å². The van der Waals surface area contributed by atoms with Gasteiger partial charge in [-0.2, -0.15) is 15.4 Å². The Labute approximate surface area is 144 Å². The molecule has 8 nitrogen and oxygen atoms in total. The van der Waals surface area contributed by atoms with E-state index >= 15 is 0 Å². The minimum Gasteiger partial charge on any atom is -0.382 e. The highest BCUT2D eigenvalue weighted by Gasteiger charge is 2.38. The number of aliphatic hydroxyl groups is 1. The third kappa shape index (κ3) is 2.78. The summed E-state index contributed by atoms with van der Waals surface area (Å²) >= 11 is 0. The molecule has 0 spiro atoms. The highest BCUT2D eigenvalue weighted by Crippen LogP contribution is 2.30. The molecule has 0 saturated carbocycles. The SMILES string of the molecule is Cc1nc2ccccc2n1CC(=O)N1CCCC(O)(c2cn[nH]n2)C1. The first-order valence-electron chi connectivity index (χ1n) is 8.35. The Hall–Kier alpha value is -2.74. The molecule has 8 heteroatoms. The van der Waals surface area contributed by atoms with E-state index in [4.69, 9.17) is 0 Å². The van der Waals surface area contributed by atoms with E-state index in [1.165, 1.54) is 6.20 Å². The summed E-state index contributed by atoms with van der Waals surface area (Å²) in [6.07, 6.45) is 2.80. The van der Waals surface area contributed by atoms with Gasteiger partial charge in [0.2, 0.25) is 5.91 Å². The molecule has 0 radical (unpaired) electrons. The van der Waals surface area contributed by atoms with Gasteiger partial charge in [-0.15, -0.1) is 0 Å². The number of carbonyl (C=O) groups excluding carboxylic acids is 1. The molecular formula is C17H20N6O2. The van der Waals surface area contributed by atoms with E-state index in [1.807, 2.05) is 35.8 Å². The quantitative estimate of drug-likeness (QED) is 0.740. The molecule has 2 N–H and O–H groups in total. The second kappa shape index (κ2) is 5.96. The average Bonchev–Trinajstić information content (AvgIpc) is 3.24. The molecule has 1 amide bonds. The number of nitrogens with one attached hydrogen (secondary N) is 1. The van der Waals surface area contributed by atoms with Crippen LogP contribution in [0.5, 0.6) is 0 Å². The molecule has 0 aliphatic carbocycles. The first-order chi connectivity index (χ1) is 12.1. The number of aromatic amines is 1. The number of carbonyl (C=O) groups is 1. The molecule has 130 valence electrons. The Morgan fingerprint density at radius 2 is 2.24 bits per heavy atom. The fourth-order valence-corrected chi connectivity index (χ4v) is 3.51. The largest absolute Gasteiger partial charge is 0.382 e. The van der Waals surface area contributed by atoms with Gasteiger partial charge in [0.25, 0.3) is 0 Å². The van der Waals surface area contributed by atoms with Crippen LogP contribution >= 0.6 is 0 Å². The Kier molecular flexibility index (Phi) is 3.76. The maximum absolute atomic E-state index is 12.8. The number of rotatable bonds is 3. The lowest BCUT2D eigenvalue weighted by atomic mass is 9.90. The van der Waals surface area contributed by atoms with Crippen molar-refractivity contribution < 1.29 is 9.90 Å². The van der Waals surface area contributed by atoms with Crippen molar-refractivity contribution in [2.45, 2.75) is 31.9 Å². The normalized spacial score (nSPS) is 21.0. The van der Waals surface area contributed by atoms with Crippen LogP contribution in [0, 0.1) is 6.92 Å². The van der Waals surface area contributed by atoms with Gasteiger partial charge in [0.15, 0.2) is 0 Å². The Bertz CT molecular complexity index is 903. The molecule has 25 heavy (non-hydrogen) atoms. The molecule has 1 fully saturated rings. The summed E-state index contributed by atoms with van der Waals surface area (Å²) < 4.78 is 1.92. The lowest BCUT2D eigenvalue weighted by Crippen LogP contribution is -2.49. The number of H-pyrrole nitrogens is 1. The monoisotopic (exact) mass is 340 g/mol. The molecule has 4 rings (SSSR count). The van der Waals surface area contributed by atoms with Crippen LogP contribution in [0.25, 0.3) is 11.0 Å². The van der Waals surface area contributed by atoms with E-state index in [9.17, 15) is 9.90 Å². The van der Waals surface area contributed by atoms with Crippen molar-refractivity contribution >= 4 is 16.9 Å². The standard InChI is InChI=1S/C17H20N6O2/c1-12-19-13-5-2-3-6-14(13)23(12)10-16(24)22-8-4-7-17(25,11-22)15-9-18-21-20-15/h2-3,5-6,9,25H,4,7-8,10-11H2,1H3,(H,18,20,21). The summed E-state index contributed by atoms with van der Waals surface area (Å²) in [6, 6.07) is 7.77. The zero-order valence-corrected chi connectivity index (χ0v) is 14.0. The van der Waals surface area contributed by atoms with Crippen LogP contribution in [-0.2, 0) is 16.9 Å². The molecule has 1 unspecified atom stereocenters. The summed E-state index contributed by atoms with van der Waals surface area (Å²) in [5, 5.41) is 21.2. The van der Waals surface area contributed by atoms with Crippen molar-refractivity contribution in [1.82, 2.24) is 29.9 Å². The van der Waals surface area contributed by atoms with Crippen LogP contribution in [0.1, 0.15) is 24.4 Å². The first-order valence-corrected chi connectivity index (χ1v) is 8.35. The number of aromatic nitrogens is 5. The zero-order valence-electron chi connectivity index (χ0n) is 14.0. The van der Waals surface area contributed by atoms with Crippen LogP contribution in [0.3, 0.4) is 0 Å². The molecule has 1 atom stereocenters. The highest BCUT2D eigenvalue weighted by molar-refractivity contribution is 5.81. The Morgan fingerprint density at radius 3 is 3.04 bits per heavy atom. The molecule has 2 aromatic heterocycles. The lowest BCUT2D eigenvalue weighted by molar-refractivity contribution is -0.139. The van der Waals surface area contributed by atoms with E-state index < -0.39 is 5.60 Å². The second-order valence-electron chi connectivity index (χ2n) is 6.54. The summed E-state index contributed by atoms with van der Waals surface area (Å²) in [7, 11) is 0. The highest BCUT2D eigenvalue weighted by atomic mass is 16.3. The van der Waals surface area contributed by atoms with Gasteiger partial charge < -0.3 is 14.6 Å². The smallest absolute Gasteiger partial charge is 0.242 e.